The van der Waals surface area contributed by atoms with Gasteiger partial charge in [-0.05, 0) is 48.4 Å². The summed E-state index contributed by atoms with van der Waals surface area (Å²) in [6.07, 6.45) is 0.733. The Bertz CT molecular complexity index is 649. The Kier molecular flexibility index (Phi) is 7.85. The summed E-state index contributed by atoms with van der Waals surface area (Å²) in [7, 11) is 1.63. The maximum absolute atomic E-state index is 8.81. The highest BCUT2D eigenvalue weighted by molar-refractivity contribution is 9.10. The fourth-order valence-electron chi connectivity index (χ4n) is 2.15. The lowest BCUT2D eigenvalue weighted by Gasteiger charge is -2.14. The van der Waals surface area contributed by atoms with Crippen LogP contribution in [0.5, 0.6) is 11.5 Å². The molecule has 4 nitrogen and oxygen atoms in total. The summed E-state index contributed by atoms with van der Waals surface area (Å²) in [6, 6.07) is 11.4. The maximum atomic E-state index is 8.81. The molecule has 0 saturated heterocycles. The van der Waals surface area contributed by atoms with Gasteiger partial charge in [-0.3, -0.25) is 0 Å². The van der Waals surface area contributed by atoms with Crippen molar-refractivity contribution in [2.75, 3.05) is 20.3 Å². The van der Waals surface area contributed by atoms with Crippen molar-refractivity contribution in [1.82, 2.24) is 5.32 Å². The zero-order valence-corrected chi connectivity index (χ0v) is 15.9. The minimum Gasteiger partial charge on any atom is -0.493 e. The Morgan fingerprint density at radius 1 is 1.17 bits per heavy atom. The Morgan fingerprint density at radius 2 is 1.92 bits per heavy atom. The van der Waals surface area contributed by atoms with Gasteiger partial charge < -0.3 is 19.9 Å². The fraction of sp³-hybridized carbons (Fsp3) is 0.333. The zero-order chi connectivity index (χ0) is 17.4. The monoisotopic (exact) mass is 413 g/mol. The third-order valence-electron chi connectivity index (χ3n) is 3.47. The van der Waals surface area contributed by atoms with Crippen molar-refractivity contribution < 1.29 is 14.6 Å². The van der Waals surface area contributed by atoms with Crippen LogP contribution in [0.25, 0.3) is 0 Å². The second-order valence-corrected chi connectivity index (χ2v) is 6.55. The van der Waals surface area contributed by atoms with Crippen LogP contribution in [-0.4, -0.2) is 25.4 Å². The zero-order valence-electron chi connectivity index (χ0n) is 13.5. The van der Waals surface area contributed by atoms with Crippen LogP contribution >= 0.6 is 27.5 Å². The van der Waals surface area contributed by atoms with Crippen molar-refractivity contribution in [2.45, 2.75) is 19.6 Å². The van der Waals surface area contributed by atoms with Crippen molar-refractivity contribution >= 4 is 27.5 Å². The third kappa shape index (κ3) is 5.67. The van der Waals surface area contributed by atoms with E-state index in [4.69, 9.17) is 26.2 Å². The molecule has 130 valence electrons. The molecule has 24 heavy (non-hydrogen) atoms. The molecule has 2 aromatic rings. The highest BCUT2D eigenvalue weighted by Crippen LogP contribution is 2.34. The molecule has 2 rings (SSSR count). The van der Waals surface area contributed by atoms with Crippen LogP contribution in [0, 0.1) is 0 Å². The first-order valence-corrected chi connectivity index (χ1v) is 8.86. The highest BCUT2D eigenvalue weighted by atomic mass is 79.9. The second-order valence-electron chi connectivity index (χ2n) is 5.26. The van der Waals surface area contributed by atoms with Crippen LogP contribution in [0.3, 0.4) is 0 Å². The molecule has 0 aromatic heterocycles. The van der Waals surface area contributed by atoms with E-state index in [2.05, 4.69) is 21.2 Å². The first-order chi connectivity index (χ1) is 11.6. The van der Waals surface area contributed by atoms with Crippen LogP contribution in [0.4, 0.5) is 0 Å². The summed E-state index contributed by atoms with van der Waals surface area (Å²) in [6.45, 7) is 2.08. The Balaban J connectivity index is 2.03. The number of halogens is 2. The summed E-state index contributed by atoms with van der Waals surface area (Å²) >= 11 is 9.46. The van der Waals surface area contributed by atoms with Gasteiger partial charge in [0.1, 0.15) is 6.61 Å². The Labute approximate surface area is 155 Å². The normalized spacial score (nSPS) is 10.7. The summed E-state index contributed by atoms with van der Waals surface area (Å²) in [5.74, 6) is 1.37. The third-order valence-corrected chi connectivity index (χ3v) is 4.46. The van der Waals surface area contributed by atoms with Gasteiger partial charge in [0.15, 0.2) is 11.5 Å². The fourth-order valence-corrected chi connectivity index (χ4v) is 2.74. The number of methoxy groups -OCH3 is 1. The number of hydrogen-bond acceptors (Lipinski definition) is 4. The van der Waals surface area contributed by atoms with Gasteiger partial charge >= 0.3 is 0 Å². The van der Waals surface area contributed by atoms with Gasteiger partial charge in [-0.25, -0.2) is 0 Å². The van der Waals surface area contributed by atoms with Gasteiger partial charge in [0.05, 0.1) is 7.11 Å². The molecule has 6 heteroatoms. The molecular weight excluding hydrogens is 394 g/mol. The molecule has 0 amide bonds. The van der Waals surface area contributed by atoms with E-state index in [0.717, 1.165) is 28.6 Å². The molecule has 0 heterocycles. The molecule has 0 aliphatic heterocycles. The molecule has 0 saturated carbocycles. The van der Waals surface area contributed by atoms with Crippen molar-refractivity contribution in [1.29, 1.82) is 0 Å². The van der Waals surface area contributed by atoms with Crippen molar-refractivity contribution in [2.24, 2.45) is 0 Å². The predicted octanol–water partition coefficient (Wildman–Crippen LogP) is 4.16. The highest BCUT2D eigenvalue weighted by Gasteiger charge is 2.10. The summed E-state index contributed by atoms with van der Waals surface area (Å²) < 4.78 is 12.3. The van der Waals surface area contributed by atoms with E-state index in [1.807, 2.05) is 36.4 Å². The number of benzene rings is 2. The van der Waals surface area contributed by atoms with Crippen LogP contribution in [0.2, 0.25) is 5.02 Å². The van der Waals surface area contributed by atoms with E-state index in [9.17, 15) is 0 Å². The molecule has 0 bridgehead atoms. The van der Waals surface area contributed by atoms with Gasteiger partial charge in [-0.2, -0.15) is 0 Å². The van der Waals surface area contributed by atoms with Gasteiger partial charge in [0.25, 0.3) is 0 Å². The minimum absolute atomic E-state index is 0.189. The minimum atomic E-state index is 0.189. The lowest BCUT2D eigenvalue weighted by atomic mass is 10.2. The van der Waals surface area contributed by atoms with Crippen molar-refractivity contribution in [3.63, 3.8) is 0 Å². The molecule has 0 unspecified atom stereocenters. The van der Waals surface area contributed by atoms with Gasteiger partial charge in [-0.15, -0.1) is 0 Å². The van der Waals surface area contributed by atoms with Gasteiger partial charge in [0, 0.05) is 22.6 Å². The van der Waals surface area contributed by atoms with Crippen molar-refractivity contribution in [3.05, 3.63) is 57.0 Å². The Hall–Kier alpha value is -1.27. The van der Waals surface area contributed by atoms with E-state index in [1.54, 1.807) is 7.11 Å². The lowest BCUT2D eigenvalue weighted by Crippen LogP contribution is -2.16. The van der Waals surface area contributed by atoms with E-state index in [0.29, 0.717) is 29.7 Å². The number of ether oxygens (including phenoxy) is 2. The molecule has 2 N–H and O–H groups in total. The number of rotatable bonds is 9. The quantitative estimate of drug-likeness (QED) is 0.605. The van der Waals surface area contributed by atoms with Crippen LogP contribution in [0.1, 0.15) is 17.5 Å². The number of nitrogens with one attached hydrogen (secondary N) is 1. The number of aliphatic hydroxyl groups excluding tert-OH is 1. The molecular formula is C18H21BrClNO3. The molecule has 0 spiro atoms. The maximum Gasteiger partial charge on any atom is 0.162 e. The van der Waals surface area contributed by atoms with E-state index in [-0.39, 0.29) is 6.61 Å². The number of aliphatic hydroxyl groups is 1. The standard InChI is InChI=1S/C18H21BrClNO3/c1-23-17-9-14(11-21-7-2-8-22)16(19)10-18(17)24-12-13-3-5-15(20)6-4-13/h3-6,9-10,21-22H,2,7-8,11-12H2,1H3. The molecule has 0 aliphatic rings. The predicted molar refractivity (Wildman–Crippen MR) is 99.9 cm³/mol. The molecule has 0 atom stereocenters. The van der Waals surface area contributed by atoms with E-state index < -0.39 is 0 Å². The first-order valence-electron chi connectivity index (χ1n) is 7.69. The first kappa shape index (κ1) is 19.1. The van der Waals surface area contributed by atoms with Crippen LogP contribution in [-0.2, 0) is 13.2 Å². The van der Waals surface area contributed by atoms with Crippen molar-refractivity contribution in [3.8, 4) is 11.5 Å². The summed E-state index contributed by atoms with van der Waals surface area (Å²) in [5, 5.41) is 12.8. The van der Waals surface area contributed by atoms with Gasteiger partial charge in [0.2, 0.25) is 0 Å². The lowest BCUT2D eigenvalue weighted by molar-refractivity contribution is 0.283. The molecule has 0 fully saturated rings. The number of hydrogen-bond donors (Lipinski definition) is 2. The van der Waals surface area contributed by atoms with Crippen LogP contribution < -0.4 is 14.8 Å². The Morgan fingerprint density at radius 3 is 2.58 bits per heavy atom. The second kappa shape index (κ2) is 9.89. The summed E-state index contributed by atoms with van der Waals surface area (Å²) in [4.78, 5) is 0. The largest absolute Gasteiger partial charge is 0.493 e. The summed E-state index contributed by atoms with van der Waals surface area (Å²) in [5.41, 5.74) is 2.11. The molecule has 0 aliphatic carbocycles. The molecule has 0 radical (unpaired) electrons. The van der Waals surface area contributed by atoms with Crippen LogP contribution in [0.15, 0.2) is 40.9 Å². The topological polar surface area (TPSA) is 50.7 Å². The van der Waals surface area contributed by atoms with Gasteiger partial charge in [-0.1, -0.05) is 39.7 Å². The van der Waals surface area contributed by atoms with E-state index in [1.165, 1.54) is 0 Å². The average molecular weight is 415 g/mol. The van der Waals surface area contributed by atoms with E-state index >= 15 is 0 Å². The smallest absolute Gasteiger partial charge is 0.162 e. The molecule has 2 aromatic carbocycles. The SMILES string of the molecule is COc1cc(CNCCCO)c(Br)cc1OCc1ccc(Cl)cc1. The average Bonchev–Trinajstić information content (AvgIpc) is 2.59.